The van der Waals surface area contributed by atoms with Crippen LogP contribution in [0.2, 0.25) is 0 Å². The third kappa shape index (κ3) is 4.86. The van der Waals surface area contributed by atoms with Crippen molar-refractivity contribution in [3.05, 3.63) is 58.2 Å². The molecule has 0 unspecified atom stereocenters. The van der Waals surface area contributed by atoms with Gasteiger partial charge in [0, 0.05) is 13.1 Å². The van der Waals surface area contributed by atoms with E-state index in [9.17, 15) is 18.8 Å². The first-order valence-corrected chi connectivity index (χ1v) is 10.3. The molecular weight excluding hydrogens is 439 g/mol. The Morgan fingerprint density at radius 1 is 1.03 bits per heavy atom. The number of hydrogen-bond donors (Lipinski definition) is 1. The normalized spacial score (nSPS) is 14.6. The van der Waals surface area contributed by atoms with Gasteiger partial charge in [-0.15, -0.1) is 0 Å². The summed E-state index contributed by atoms with van der Waals surface area (Å²) >= 11 is 0.793. The van der Waals surface area contributed by atoms with Crippen LogP contribution in [0.15, 0.2) is 41.3 Å². The lowest BCUT2D eigenvalue weighted by Crippen LogP contribution is -2.37. The molecule has 3 rings (SSSR count). The van der Waals surface area contributed by atoms with Gasteiger partial charge in [0.1, 0.15) is 5.82 Å². The van der Waals surface area contributed by atoms with Crippen LogP contribution >= 0.6 is 11.8 Å². The third-order valence-corrected chi connectivity index (χ3v) is 5.52. The highest BCUT2D eigenvalue weighted by Crippen LogP contribution is 2.39. The molecule has 2 aromatic carbocycles. The summed E-state index contributed by atoms with van der Waals surface area (Å²) in [4.78, 5) is 38.7. The average molecular weight is 460 g/mol. The molecule has 0 saturated carbocycles. The molecule has 168 valence electrons. The minimum atomic E-state index is -0.470. The number of nitrogens with zero attached hydrogens (tertiary/aromatic N) is 1. The van der Waals surface area contributed by atoms with Gasteiger partial charge in [-0.1, -0.05) is 12.1 Å². The lowest BCUT2D eigenvalue weighted by molar-refractivity contribution is -0.122. The predicted molar refractivity (Wildman–Crippen MR) is 118 cm³/mol. The van der Waals surface area contributed by atoms with Crippen LogP contribution in [0.3, 0.4) is 0 Å². The Balaban J connectivity index is 1.65. The summed E-state index contributed by atoms with van der Waals surface area (Å²) in [5, 5.41) is 2.23. The molecule has 0 aromatic heterocycles. The van der Waals surface area contributed by atoms with Crippen molar-refractivity contribution in [3.63, 3.8) is 0 Å². The van der Waals surface area contributed by atoms with Gasteiger partial charge < -0.3 is 19.5 Å². The molecule has 32 heavy (non-hydrogen) atoms. The molecule has 0 bridgehead atoms. The van der Waals surface area contributed by atoms with Crippen molar-refractivity contribution in [3.8, 4) is 17.2 Å². The van der Waals surface area contributed by atoms with E-state index >= 15 is 0 Å². The first-order chi connectivity index (χ1) is 15.4. The molecule has 0 aliphatic carbocycles. The summed E-state index contributed by atoms with van der Waals surface area (Å²) < 4.78 is 28.8. The quantitative estimate of drug-likeness (QED) is 0.604. The molecule has 10 heteroatoms. The Hall–Kier alpha value is -3.53. The number of benzene rings is 2. The molecule has 1 aliphatic rings. The fourth-order valence-electron chi connectivity index (χ4n) is 3.06. The van der Waals surface area contributed by atoms with Crippen molar-refractivity contribution in [2.75, 3.05) is 34.4 Å². The molecule has 1 heterocycles. The van der Waals surface area contributed by atoms with Gasteiger partial charge >= 0.3 is 0 Å². The second-order valence-corrected chi connectivity index (χ2v) is 7.52. The van der Waals surface area contributed by atoms with Gasteiger partial charge in [0.05, 0.1) is 31.8 Å². The van der Waals surface area contributed by atoms with Crippen LogP contribution in [-0.2, 0) is 4.79 Å². The van der Waals surface area contributed by atoms with Gasteiger partial charge in [-0.25, -0.2) is 4.39 Å². The Bertz CT molecular complexity index is 1070. The monoisotopic (exact) mass is 460 g/mol. The first kappa shape index (κ1) is 23.1. The number of nitrogens with one attached hydrogen (secondary N) is 1. The summed E-state index contributed by atoms with van der Waals surface area (Å²) in [6, 6.07) is 8.68. The topological polar surface area (TPSA) is 94.2 Å². The van der Waals surface area contributed by atoms with E-state index in [0.29, 0.717) is 11.3 Å². The van der Waals surface area contributed by atoms with Crippen LogP contribution in [0.5, 0.6) is 17.2 Å². The number of carbonyl (C=O) groups is 3. The molecular formula is C22H21FN2O6S. The molecule has 1 N–H and O–H groups in total. The molecule has 0 spiro atoms. The van der Waals surface area contributed by atoms with E-state index in [0.717, 1.165) is 16.7 Å². The molecule has 0 radical (unpaired) electrons. The number of thioether (sulfide) groups is 1. The molecule has 3 amide bonds. The minimum absolute atomic E-state index is 0.00717. The zero-order valence-electron chi connectivity index (χ0n) is 17.6. The van der Waals surface area contributed by atoms with E-state index in [-0.39, 0.29) is 35.1 Å². The Morgan fingerprint density at radius 3 is 2.34 bits per heavy atom. The van der Waals surface area contributed by atoms with E-state index in [1.54, 1.807) is 6.07 Å². The van der Waals surface area contributed by atoms with Crippen LogP contribution in [0, 0.1) is 5.82 Å². The van der Waals surface area contributed by atoms with Gasteiger partial charge in [-0.2, -0.15) is 0 Å². The highest BCUT2D eigenvalue weighted by molar-refractivity contribution is 8.18. The Kier molecular flexibility index (Phi) is 7.37. The van der Waals surface area contributed by atoms with Crippen LogP contribution in [0.1, 0.15) is 15.9 Å². The molecule has 1 fully saturated rings. The second-order valence-electron chi connectivity index (χ2n) is 6.52. The zero-order valence-corrected chi connectivity index (χ0v) is 18.5. The lowest BCUT2D eigenvalue weighted by Gasteiger charge is -2.16. The van der Waals surface area contributed by atoms with Gasteiger partial charge in [0.2, 0.25) is 5.75 Å². The van der Waals surface area contributed by atoms with Crippen molar-refractivity contribution in [1.82, 2.24) is 10.2 Å². The Labute approximate surface area is 188 Å². The molecule has 1 aliphatic heterocycles. The van der Waals surface area contributed by atoms with E-state index in [4.69, 9.17) is 14.2 Å². The summed E-state index contributed by atoms with van der Waals surface area (Å²) in [7, 11) is 4.31. The fourth-order valence-corrected chi connectivity index (χ4v) is 3.92. The molecule has 0 atom stereocenters. The summed E-state index contributed by atoms with van der Waals surface area (Å²) in [6.45, 7) is 0.0327. The third-order valence-electron chi connectivity index (χ3n) is 4.61. The maximum Gasteiger partial charge on any atom is 0.293 e. The number of rotatable bonds is 8. The summed E-state index contributed by atoms with van der Waals surface area (Å²) in [6.07, 6.45) is 1.53. The van der Waals surface area contributed by atoms with Gasteiger partial charge in [0.25, 0.3) is 17.1 Å². The van der Waals surface area contributed by atoms with Crippen molar-refractivity contribution >= 4 is 34.9 Å². The van der Waals surface area contributed by atoms with Crippen LogP contribution in [0.25, 0.3) is 6.08 Å². The van der Waals surface area contributed by atoms with E-state index in [1.807, 2.05) is 0 Å². The Morgan fingerprint density at radius 2 is 1.72 bits per heavy atom. The predicted octanol–water partition coefficient (Wildman–Crippen LogP) is 3.32. The lowest BCUT2D eigenvalue weighted by atomic mass is 10.1. The maximum absolute atomic E-state index is 13.0. The minimum Gasteiger partial charge on any atom is -0.493 e. The number of halogens is 1. The number of imide groups is 1. The number of methoxy groups -OCH3 is 3. The summed E-state index contributed by atoms with van der Waals surface area (Å²) in [5.74, 6) is -0.431. The number of ether oxygens (including phenoxy) is 3. The fraction of sp³-hybridized carbons (Fsp3) is 0.227. The number of amides is 3. The van der Waals surface area contributed by atoms with E-state index in [2.05, 4.69) is 5.32 Å². The smallest absolute Gasteiger partial charge is 0.293 e. The SMILES string of the molecule is COc1ccc(C(=O)NCCN2C(=O)SC(=Cc3ccc(F)cc3)C2=O)c(OC)c1OC. The summed E-state index contributed by atoms with van der Waals surface area (Å²) in [5.41, 5.74) is 0.821. The van der Waals surface area contributed by atoms with Crippen molar-refractivity contribution in [2.24, 2.45) is 0 Å². The second kappa shape index (κ2) is 10.2. The van der Waals surface area contributed by atoms with E-state index < -0.39 is 22.9 Å². The molecule has 2 aromatic rings. The largest absolute Gasteiger partial charge is 0.493 e. The maximum atomic E-state index is 13.0. The van der Waals surface area contributed by atoms with Crippen LogP contribution in [-0.4, -0.2) is 56.4 Å². The zero-order chi connectivity index (χ0) is 23.3. The highest BCUT2D eigenvalue weighted by atomic mass is 32.2. The van der Waals surface area contributed by atoms with Crippen LogP contribution < -0.4 is 19.5 Å². The van der Waals surface area contributed by atoms with Crippen molar-refractivity contribution in [2.45, 2.75) is 0 Å². The van der Waals surface area contributed by atoms with Crippen molar-refractivity contribution in [1.29, 1.82) is 0 Å². The molecule has 8 nitrogen and oxygen atoms in total. The van der Waals surface area contributed by atoms with E-state index in [1.165, 1.54) is 57.7 Å². The van der Waals surface area contributed by atoms with Gasteiger partial charge in [-0.3, -0.25) is 19.3 Å². The average Bonchev–Trinajstić information content (AvgIpc) is 3.06. The highest BCUT2D eigenvalue weighted by Gasteiger charge is 2.34. The van der Waals surface area contributed by atoms with Crippen LogP contribution in [0.4, 0.5) is 9.18 Å². The van der Waals surface area contributed by atoms with Gasteiger partial charge in [-0.05, 0) is 47.7 Å². The van der Waals surface area contributed by atoms with Gasteiger partial charge in [0.15, 0.2) is 11.5 Å². The number of carbonyl (C=O) groups excluding carboxylic acids is 3. The molecule has 1 saturated heterocycles. The first-order valence-electron chi connectivity index (χ1n) is 9.47. The van der Waals surface area contributed by atoms with Crippen molar-refractivity contribution < 1.29 is 33.0 Å². The number of hydrogen-bond acceptors (Lipinski definition) is 7. The standard InChI is InChI=1S/C22H21FN2O6S/c1-29-16-9-8-15(18(30-2)19(16)31-3)20(26)24-10-11-25-21(27)17(32-22(25)28)12-13-4-6-14(23)7-5-13/h4-9,12H,10-11H2,1-3H3,(H,24,26).